The van der Waals surface area contributed by atoms with Gasteiger partial charge in [-0.05, 0) is 37.5 Å². The third kappa shape index (κ3) is 2.56. The SMILES string of the molecule is Cc1cc(C)c(C(N)Cc2ncc[nH]2)c(C)c1. The van der Waals surface area contributed by atoms with Gasteiger partial charge in [0.05, 0.1) is 0 Å². The second kappa shape index (κ2) is 4.72. The first-order valence-electron chi connectivity index (χ1n) is 5.89. The van der Waals surface area contributed by atoms with Crippen LogP contribution in [0, 0.1) is 20.8 Å². The van der Waals surface area contributed by atoms with Crippen LogP contribution in [0.25, 0.3) is 0 Å². The molecule has 2 aromatic rings. The van der Waals surface area contributed by atoms with Gasteiger partial charge >= 0.3 is 0 Å². The predicted molar refractivity (Wildman–Crippen MR) is 69.9 cm³/mol. The Bertz CT molecular complexity index is 477. The minimum Gasteiger partial charge on any atom is -0.349 e. The Morgan fingerprint density at radius 2 is 1.88 bits per heavy atom. The van der Waals surface area contributed by atoms with Gasteiger partial charge in [-0.1, -0.05) is 17.7 Å². The molecule has 0 amide bonds. The van der Waals surface area contributed by atoms with Gasteiger partial charge in [0.2, 0.25) is 0 Å². The number of nitrogens with one attached hydrogen (secondary N) is 1. The molecule has 1 unspecified atom stereocenters. The number of aryl methyl sites for hydroxylation is 3. The highest BCUT2D eigenvalue weighted by Crippen LogP contribution is 2.23. The maximum absolute atomic E-state index is 6.28. The van der Waals surface area contributed by atoms with E-state index in [1.54, 1.807) is 6.20 Å². The minimum atomic E-state index is 0.00162. The summed E-state index contributed by atoms with van der Waals surface area (Å²) in [5, 5.41) is 0. The Balaban J connectivity index is 2.27. The molecule has 1 aromatic heterocycles. The highest BCUT2D eigenvalue weighted by Gasteiger charge is 2.13. The van der Waals surface area contributed by atoms with Crippen LogP contribution in [0.15, 0.2) is 24.5 Å². The van der Waals surface area contributed by atoms with Crippen molar-refractivity contribution >= 4 is 0 Å². The Labute approximate surface area is 102 Å². The van der Waals surface area contributed by atoms with E-state index in [0.29, 0.717) is 0 Å². The van der Waals surface area contributed by atoms with Gasteiger partial charge in [0.1, 0.15) is 5.82 Å². The van der Waals surface area contributed by atoms with Crippen molar-refractivity contribution in [1.82, 2.24) is 9.97 Å². The molecule has 0 bridgehead atoms. The molecule has 0 spiro atoms. The zero-order chi connectivity index (χ0) is 12.4. The summed E-state index contributed by atoms with van der Waals surface area (Å²) in [6.45, 7) is 6.36. The molecule has 0 aliphatic rings. The number of hydrogen-bond donors (Lipinski definition) is 2. The van der Waals surface area contributed by atoms with E-state index in [1.165, 1.54) is 22.3 Å². The molecule has 1 aromatic carbocycles. The summed E-state index contributed by atoms with van der Waals surface area (Å²) in [6, 6.07) is 4.37. The summed E-state index contributed by atoms with van der Waals surface area (Å²) in [4.78, 5) is 7.32. The Kier molecular flexibility index (Phi) is 3.29. The quantitative estimate of drug-likeness (QED) is 0.850. The molecule has 0 aliphatic heterocycles. The fourth-order valence-corrected chi connectivity index (χ4v) is 2.50. The van der Waals surface area contributed by atoms with Gasteiger partial charge in [0.15, 0.2) is 0 Å². The zero-order valence-corrected chi connectivity index (χ0v) is 10.6. The smallest absolute Gasteiger partial charge is 0.107 e. The molecule has 0 saturated heterocycles. The van der Waals surface area contributed by atoms with E-state index in [9.17, 15) is 0 Å². The normalized spacial score (nSPS) is 12.7. The van der Waals surface area contributed by atoms with E-state index < -0.39 is 0 Å². The van der Waals surface area contributed by atoms with Crippen molar-refractivity contribution in [2.24, 2.45) is 5.73 Å². The number of aromatic nitrogens is 2. The van der Waals surface area contributed by atoms with Gasteiger partial charge in [0, 0.05) is 24.9 Å². The zero-order valence-electron chi connectivity index (χ0n) is 10.6. The van der Waals surface area contributed by atoms with Crippen molar-refractivity contribution in [2.75, 3.05) is 0 Å². The first-order valence-corrected chi connectivity index (χ1v) is 5.89. The Morgan fingerprint density at radius 3 is 2.41 bits per heavy atom. The van der Waals surface area contributed by atoms with Gasteiger partial charge in [0.25, 0.3) is 0 Å². The molecule has 3 N–H and O–H groups in total. The maximum Gasteiger partial charge on any atom is 0.107 e. The topological polar surface area (TPSA) is 54.7 Å². The summed E-state index contributed by atoms with van der Waals surface area (Å²) in [5.74, 6) is 0.942. The third-order valence-corrected chi connectivity index (χ3v) is 3.08. The van der Waals surface area contributed by atoms with Gasteiger partial charge in [-0.25, -0.2) is 4.98 Å². The summed E-state index contributed by atoms with van der Waals surface area (Å²) in [6.07, 6.45) is 4.34. The second-order valence-corrected chi connectivity index (χ2v) is 4.66. The fourth-order valence-electron chi connectivity index (χ4n) is 2.50. The molecular formula is C14H19N3. The van der Waals surface area contributed by atoms with E-state index in [2.05, 4.69) is 42.9 Å². The van der Waals surface area contributed by atoms with Crippen LogP contribution in [0.1, 0.15) is 34.1 Å². The maximum atomic E-state index is 6.28. The average Bonchev–Trinajstić information content (AvgIpc) is 2.68. The number of rotatable bonds is 3. The summed E-state index contributed by atoms with van der Waals surface area (Å²) < 4.78 is 0. The minimum absolute atomic E-state index is 0.00162. The van der Waals surface area contributed by atoms with Crippen LogP contribution < -0.4 is 5.73 Å². The standard InChI is InChI=1S/C14H19N3/c1-9-6-10(2)14(11(3)7-9)12(15)8-13-16-4-5-17-13/h4-7,12H,8,15H2,1-3H3,(H,16,17). The van der Waals surface area contributed by atoms with E-state index in [-0.39, 0.29) is 6.04 Å². The molecule has 17 heavy (non-hydrogen) atoms. The highest BCUT2D eigenvalue weighted by atomic mass is 14.9. The molecule has 2 rings (SSSR count). The van der Waals surface area contributed by atoms with E-state index >= 15 is 0 Å². The van der Waals surface area contributed by atoms with Gasteiger partial charge in [-0.2, -0.15) is 0 Å². The van der Waals surface area contributed by atoms with E-state index in [1.807, 2.05) is 6.20 Å². The van der Waals surface area contributed by atoms with Crippen molar-refractivity contribution in [3.05, 3.63) is 52.6 Å². The Morgan fingerprint density at radius 1 is 1.24 bits per heavy atom. The average molecular weight is 229 g/mol. The van der Waals surface area contributed by atoms with Crippen molar-refractivity contribution in [3.63, 3.8) is 0 Å². The van der Waals surface area contributed by atoms with Gasteiger partial charge in [-0.15, -0.1) is 0 Å². The molecule has 0 radical (unpaired) electrons. The van der Waals surface area contributed by atoms with Crippen LogP contribution in [0.3, 0.4) is 0 Å². The predicted octanol–water partition coefficient (Wildman–Crippen LogP) is 2.58. The lowest BCUT2D eigenvalue weighted by Gasteiger charge is -2.17. The largest absolute Gasteiger partial charge is 0.349 e. The molecule has 0 fully saturated rings. The first kappa shape index (κ1) is 11.9. The number of imidazole rings is 1. The molecule has 0 aliphatic carbocycles. The molecule has 3 heteroatoms. The number of nitrogens with zero attached hydrogens (tertiary/aromatic N) is 1. The molecule has 90 valence electrons. The van der Waals surface area contributed by atoms with Crippen molar-refractivity contribution in [3.8, 4) is 0 Å². The lowest BCUT2D eigenvalue weighted by atomic mass is 9.93. The summed E-state index contributed by atoms with van der Waals surface area (Å²) >= 11 is 0. The fraction of sp³-hybridized carbons (Fsp3) is 0.357. The van der Waals surface area contributed by atoms with Gasteiger partial charge in [-0.3, -0.25) is 0 Å². The van der Waals surface area contributed by atoms with Crippen molar-refractivity contribution in [2.45, 2.75) is 33.2 Å². The van der Waals surface area contributed by atoms with E-state index in [4.69, 9.17) is 5.73 Å². The second-order valence-electron chi connectivity index (χ2n) is 4.66. The molecule has 1 heterocycles. The van der Waals surface area contributed by atoms with Gasteiger partial charge < -0.3 is 10.7 Å². The monoisotopic (exact) mass is 229 g/mol. The van der Waals surface area contributed by atoms with Crippen LogP contribution in [-0.2, 0) is 6.42 Å². The molecule has 0 saturated carbocycles. The summed E-state index contributed by atoms with van der Waals surface area (Å²) in [5.41, 5.74) is 11.3. The van der Waals surface area contributed by atoms with Crippen LogP contribution >= 0.6 is 0 Å². The molecule has 1 atom stereocenters. The Hall–Kier alpha value is -1.61. The third-order valence-electron chi connectivity index (χ3n) is 3.08. The van der Waals surface area contributed by atoms with Crippen LogP contribution in [0.5, 0.6) is 0 Å². The number of H-pyrrole nitrogens is 1. The molecular weight excluding hydrogens is 210 g/mol. The lowest BCUT2D eigenvalue weighted by Crippen LogP contribution is -2.17. The highest BCUT2D eigenvalue weighted by molar-refractivity contribution is 5.39. The number of hydrogen-bond acceptors (Lipinski definition) is 2. The van der Waals surface area contributed by atoms with Crippen molar-refractivity contribution < 1.29 is 0 Å². The van der Waals surface area contributed by atoms with Crippen LogP contribution in [0.4, 0.5) is 0 Å². The number of nitrogens with two attached hydrogens (primary N) is 1. The van der Waals surface area contributed by atoms with Crippen molar-refractivity contribution in [1.29, 1.82) is 0 Å². The number of aromatic amines is 1. The lowest BCUT2D eigenvalue weighted by molar-refractivity contribution is 0.685. The van der Waals surface area contributed by atoms with Crippen LogP contribution in [0.2, 0.25) is 0 Å². The summed E-state index contributed by atoms with van der Waals surface area (Å²) in [7, 11) is 0. The molecule has 3 nitrogen and oxygen atoms in total. The van der Waals surface area contributed by atoms with E-state index in [0.717, 1.165) is 12.2 Å². The number of benzene rings is 1. The van der Waals surface area contributed by atoms with Crippen LogP contribution in [-0.4, -0.2) is 9.97 Å². The first-order chi connectivity index (χ1) is 8.08.